The average molecular weight is 644 g/mol. The average Bonchev–Trinajstić information content (AvgIpc) is 3.46. The number of nitrogens with one attached hydrogen (secondary N) is 1. The second-order valence-corrected chi connectivity index (χ2v) is 11.6. The molecule has 0 unspecified atom stereocenters. The molecule has 4 aromatic carbocycles. The molecule has 0 spiro atoms. The number of halogens is 2. The number of methoxy groups -OCH3 is 1. The van der Waals surface area contributed by atoms with Crippen LogP contribution in [0.2, 0.25) is 0 Å². The summed E-state index contributed by atoms with van der Waals surface area (Å²) in [6, 6.07) is 29.5. The van der Waals surface area contributed by atoms with Gasteiger partial charge in [-0.2, -0.15) is 0 Å². The van der Waals surface area contributed by atoms with Gasteiger partial charge >= 0.3 is 0 Å². The van der Waals surface area contributed by atoms with Crippen LogP contribution in [-0.4, -0.2) is 13.3 Å². The van der Waals surface area contributed by atoms with Gasteiger partial charge in [-0.05, 0) is 93.0 Å². The van der Waals surface area contributed by atoms with E-state index in [2.05, 4.69) is 97.9 Å². The number of benzene rings is 4. The second-order valence-electron chi connectivity index (χ2n) is 9.86. The van der Waals surface area contributed by atoms with Gasteiger partial charge in [-0.3, -0.25) is 4.99 Å². The monoisotopic (exact) mass is 642 g/mol. The Morgan fingerprint density at radius 2 is 1.77 bits per heavy atom. The molecular weight excluding hydrogens is 616 g/mol. The summed E-state index contributed by atoms with van der Waals surface area (Å²) >= 11 is 7.12. The van der Waals surface area contributed by atoms with Crippen LogP contribution in [0.15, 0.2) is 111 Å². The fraction of sp³-hybridized carbons (Fsp3) is 0.182. The zero-order chi connectivity index (χ0) is 26.8. The van der Waals surface area contributed by atoms with Crippen molar-refractivity contribution >= 4 is 49.4 Å². The zero-order valence-electron chi connectivity index (χ0n) is 21.5. The van der Waals surface area contributed by atoms with Crippen LogP contribution in [0.3, 0.4) is 0 Å². The van der Waals surface area contributed by atoms with E-state index in [1.165, 1.54) is 16.8 Å². The number of fused-ring (bicyclic) bond motifs is 3. The molecule has 0 amide bonds. The van der Waals surface area contributed by atoms with Gasteiger partial charge in [0.05, 0.1) is 23.3 Å². The Labute approximate surface area is 246 Å². The summed E-state index contributed by atoms with van der Waals surface area (Å²) in [6.45, 7) is 0.446. The molecule has 6 rings (SSSR count). The van der Waals surface area contributed by atoms with Crippen LogP contribution >= 0.6 is 31.9 Å². The molecule has 0 radical (unpaired) electrons. The van der Waals surface area contributed by atoms with E-state index in [-0.39, 0.29) is 6.04 Å². The lowest BCUT2D eigenvalue weighted by Gasteiger charge is -2.37. The largest absolute Gasteiger partial charge is 0.493 e. The first kappa shape index (κ1) is 25.9. The molecule has 4 aromatic rings. The SMILES string of the molecule is COc1cc(C=Nc2ccc([C@@H]3Nc4ccccc4[C@@H]4C=CC[C@H]43)cc2)cc(Br)c1OCc1ccc(Br)cc1. The maximum atomic E-state index is 6.08. The van der Waals surface area contributed by atoms with Gasteiger partial charge in [0.2, 0.25) is 0 Å². The molecule has 1 heterocycles. The fourth-order valence-corrected chi connectivity index (χ4v) is 6.32. The first-order valence-corrected chi connectivity index (χ1v) is 14.6. The first-order chi connectivity index (χ1) is 19.1. The second kappa shape index (κ2) is 11.4. The highest BCUT2D eigenvalue weighted by Gasteiger charge is 2.37. The molecule has 0 saturated heterocycles. The lowest BCUT2D eigenvalue weighted by Crippen LogP contribution is -2.28. The number of allylic oxidation sites excluding steroid dienone is 2. The quantitative estimate of drug-likeness (QED) is 0.161. The summed E-state index contributed by atoms with van der Waals surface area (Å²) in [5.74, 6) is 2.33. The van der Waals surface area contributed by atoms with Gasteiger partial charge < -0.3 is 14.8 Å². The summed E-state index contributed by atoms with van der Waals surface area (Å²) in [4.78, 5) is 4.73. The van der Waals surface area contributed by atoms with Crippen molar-refractivity contribution in [3.63, 3.8) is 0 Å². The highest BCUT2D eigenvalue weighted by molar-refractivity contribution is 9.10. The minimum atomic E-state index is 0.281. The number of aliphatic imine (C=N–C) groups is 1. The first-order valence-electron chi connectivity index (χ1n) is 13.0. The molecule has 4 nitrogen and oxygen atoms in total. The van der Waals surface area contributed by atoms with E-state index in [0.717, 1.165) is 32.2 Å². The van der Waals surface area contributed by atoms with Crippen molar-refractivity contribution in [1.82, 2.24) is 0 Å². The maximum Gasteiger partial charge on any atom is 0.175 e. The van der Waals surface area contributed by atoms with Crippen LogP contribution in [0.4, 0.5) is 11.4 Å². The Morgan fingerprint density at radius 3 is 2.56 bits per heavy atom. The third-order valence-electron chi connectivity index (χ3n) is 7.44. The van der Waals surface area contributed by atoms with Crippen molar-refractivity contribution < 1.29 is 9.47 Å². The normalized spacial score (nSPS) is 19.4. The van der Waals surface area contributed by atoms with E-state index in [1.54, 1.807) is 7.11 Å². The predicted molar refractivity (Wildman–Crippen MR) is 166 cm³/mol. The van der Waals surface area contributed by atoms with Gasteiger partial charge in [0.25, 0.3) is 0 Å². The van der Waals surface area contributed by atoms with Crippen LogP contribution in [-0.2, 0) is 6.61 Å². The van der Waals surface area contributed by atoms with Crippen LogP contribution in [0.1, 0.15) is 40.6 Å². The molecule has 1 N–H and O–H groups in total. The minimum Gasteiger partial charge on any atom is -0.493 e. The van der Waals surface area contributed by atoms with Crippen LogP contribution in [0.25, 0.3) is 0 Å². The number of ether oxygens (including phenoxy) is 2. The molecule has 0 aromatic heterocycles. The molecule has 3 atom stereocenters. The molecular formula is C33H28Br2N2O2. The lowest BCUT2D eigenvalue weighted by molar-refractivity contribution is 0.282. The van der Waals surface area contributed by atoms with E-state index >= 15 is 0 Å². The standard InChI is InChI=1S/C33H28Br2N2O2/c1-38-31-18-22(17-29(35)33(31)39-20-21-9-13-24(34)14-10-21)19-36-25-15-11-23(12-16-25)32-28-7-4-6-26(28)27-5-2-3-8-30(27)37-32/h2-6,8-19,26,28,32,37H,7,20H2,1H3/t26-,28+,32-/m0/s1. The molecule has 2 aliphatic rings. The van der Waals surface area contributed by atoms with Gasteiger partial charge in [0.15, 0.2) is 11.5 Å². The van der Waals surface area contributed by atoms with Crippen molar-refractivity contribution in [1.29, 1.82) is 0 Å². The zero-order valence-corrected chi connectivity index (χ0v) is 24.7. The van der Waals surface area contributed by atoms with Gasteiger partial charge in [0.1, 0.15) is 6.61 Å². The Bertz CT molecular complexity index is 1530. The maximum absolute atomic E-state index is 6.08. The smallest absolute Gasteiger partial charge is 0.175 e. The van der Waals surface area contributed by atoms with E-state index in [0.29, 0.717) is 29.9 Å². The van der Waals surface area contributed by atoms with Gasteiger partial charge in [-0.15, -0.1) is 0 Å². The summed E-state index contributed by atoms with van der Waals surface area (Å²) in [6.07, 6.45) is 7.65. The molecule has 1 aliphatic carbocycles. The van der Waals surface area contributed by atoms with E-state index in [4.69, 9.17) is 14.5 Å². The summed E-state index contributed by atoms with van der Waals surface area (Å²) in [5.41, 5.74) is 6.83. The Balaban J connectivity index is 1.16. The number of hydrogen-bond donors (Lipinski definition) is 1. The molecule has 0 fully saturated rings. The number of anilines is 1. The molecule has 196 valence electrons. The highest BCUT2D eigenvalue weighted by Crippen LogP contribution is 2.49. The van der Waals surface area contributed by atoms with Gasteiger partial charge in [0, 0.05) is 22.3 Å². The van der Waals surface area contributed by atoms with Crippen molar-refractivity contribution in [3.05, 3.63) is 128 Å². The Hall–Kier alpha value is -3.35. The molecule has 1 aliphatic heterocycles. The summed E-state index contributed by atoms with van der Waals surface area (Å²) in [7, 11) is 1.65. The minimum absolute atomic E-state index is 0.281. The number of nitrogens with zero attached hydrogens (tertiary/aromatic N) is 1. The van der Waals surface area contributed by atoms with E-state index < -0.39 is 0 Å². The molecule has 6 heteroatoms. The third kappa shape index (κ3) is 5.54. The third-order valence-corrected chi connectivity index (χ3v) is 8.55. The van der Waals surface area contributed by atoms with Crippen molar-refractivity contribution in [2.45, 2.75) is 25.0 Å². The Morgan fingerprint density at radius 1 is 0.974 bits per heavy atom. The summed E-state index contributed by atoms with van der Waals surface area (Å²) in [5, 5.41) is 3.80. The molecule has 0 bridgehead atoms. The van der Waals surface area contributed by atoms with Gasteiger partial charge in [-0.25, -0.2) is 0 Å². The number of hydrogen-bond acceptors (Lipinski definition) is 4. The highest BCUT2D eigenvalue weighted by atomic mass is 79.9. The topological polar surface area (TPSA) is 42.8 Å². The Kier molecular flexibility index (Phi) is 7.58. The van der Waals surface area contributed by atoms with Gasteiger partial charge in [-0.1, -0.05) is 70.5 Å². The van der Waals surface area contributed by atoms with Crippen molar-refractivity contribution in [2.24, 2.45) is 10.9 Å². The van der Waals surface area contributed by atoms with Crippen molar-refractivity contribution in [2.75, 3.05) is 12.4 Å². The predicted octanol–water partition coefficient (Wildman–Crippen LogP) is 9.38. The summed E-state index contributed by atoms with van der Waals surface area (Å²) < 4.78 is 13.6. The van der Waals surface area contributed by atoms with Crippen LogP contribution < -0.4 is 14.8 Å². The number of para-hydroxylation sites is 1. The van der Waals surface area contributed by atoms with Crippen LogP contribution in [0.5, 0.6) is 11.5 Å². The van der Waals surface area contributed by atoms with Crippen LogP contribution in [0, 0.1) is 5.92 Å². The molecule has 0 saturated carbocycles. The van der Waals surface area contributed by atoms with E-state index in [1.807, 2.05) is 42.6 Å². The van der Waals surface area contributed by atoms with E-state index in [9.17, 15) is 0 Å². The lowest BCUT2D eigenvalue weighted by atomic mass is 9.77. The van der Waals surface area contributed by atoms with Crippen molar-refractivity contribution in [3.8, 4) is 11.5 Å². The molecule has 39 heavy (non-hydrogen) atoms. The number of rotatable bonds is 7. The fourth-order valence-electron chi connectivity index (χ4n) is 5.48.